The van der Waals surface area contributed by atoms with E-state index in [1.165, 1.54) is 23.9 Å². The van der Waals surface area contributed by atoms with Crippen molar-refractivity contribution < 1.29 is 33.0 Å². The van der Waals surface area contributed by atoms with Gasteiger partial charge in [-0.1, -0.05) is 30.3 Å². The molecule has 0 radical (unpaired) electrons. The van der Waals surface area contributed by atoms with Crippen LogP contribution in [-0.2, 0) is 29.7 Å². The van der Waals surface area contributed by atoms with Crippen LogP contribution >= 0.6 is 8.17 Å². The summed E-state index contributed by atoms with van der Waals surface area (Å²) in [5.41, 5.74) is -0.234. The molecule has 0 saturated carbocycles. The van der Waals surface area contributed by atoms with Crippen LogP contribution in [0.5, 0.6) is 0 Å². The minimum atomic E-state index is -3.78. The Labute approximate surface area is 185 Å². The molecule has 1 aliphatic heterocycles. The smallest absolute Gasteiger partial charge is 0.388 e. The van der Waals surface area contributed by atoms with Crippen molar-refractivity contribution in [3.8, 4) is 0 Å². The highest BCUT2D eigenvalue weighted by Crippen LogP contribution is 2.59. The van der Waals surface area contributed by atoms with Crippen LogP contribution in [0.3, 0.4) is 0 Å². The number of aromatic amines is 1. The molecule has 1 aromatic heterocycles. The van der Waals surface area contributed by atoms with Gasteiger partial charge in [-0.05, 0) is 18.4 Å². The Bertz CT molecular complexity index is 954. The molecule has 4 unspecified atom stereocenters. The predicted molar refractivity (Wildman–Crippen MR) is 115 cm³/mol. The van der Waals surface area contributed by atoms with Crippen molar-refractivity contribution in [2.24, 2.45) is 0 Å². The third kappa shape index (κ3) is 7.29. The zero-order valence-electron chi connectivity index (χ0n) is 17.7. The van der Waals surface area contributed by atoms with Crippen molar-refractivity contribution in [1.29, 1.82) is 0 Å². The fraction of sp³-hybridized carbons (Fsp3) is 0.500. The topological polar surface area (TPSA) is 141 Å². The average Bonchev–Trinajstić information content (AvgIpc) is 3.25. The number of rotatable bonds is 12. The monoisotopic (exact) mass is 471 g/mol. The summed E-state index contributed by atoms with van der Waals surface area (Å²) in [4.78, 5) is 36.2. The number of ether oxygens (including phenoxy) is 2. The Morgan fingerprint density at radius 1 is 1.16 bits per heavy atom. The molecule has 1 fully saturated rings. The first kappa shape index (κ1) is 24.7. The fourth-order valence-corrected chi connectivity index (χ4v) is 4.36. The summed E-state index contributed by atoms with van der Waals surface area (Å²) in [7, 11) is -2.35. The zero-order chi connectivity index (χ0) is 23.0. The number of benzene rings is 1. The Kier molecular flexibility index (Phi) is 9.09. The second-order valence-corrected chi connectivity index (χ2v) is 8.95. The van der Waals surface area contributed by atoms with E-state index in [2.05, 4.69) is 4.98 Å². The summed E-state index contributed by atoms with van der Waals surface area (Å²) in [5, 5.41) is 9.85. The molecular formula is C20H28N2O9P+. The van der Waals surface area contributed by atoms with Gasteiger partial charge in [-0.3, -0.25) is 14.3 Å². The van der Waals surface area contributed by atoms with Gasteiger partial charge in [0.1, 0.15) is 32.2 Å². The Hall–Kier alpha value is -1.95. The van der Waals surface area contributed by atoms with E-state index in [4.69, 9.17) is 23.0 Å². The van der Waals surface area contributed by atoms with Crippen LogP contribution in [-0.4, -0.2) is 58.7 Å². The lowest BCUT2D eigenvalue weighted by atomic mass is 10.2. The lowest BCUT2D eigenvalue weighted by Gasteiger charge is -2.19. The predicted octanol–water partition coefficient (Wildman–Crippen LogP) is 1.14. The molecule has 176 valence electrons. The van der Waals surface area contributed by atoms with Crippen LogP contribution in [0.2, 0.25) is 0 Å². The lowest BCUT2D eigenvalue weighted by molar-refractivity contribution is -0.0390. The normalized spacial score (nSPS) is 21.3. The van der Waals surface area contributed by atoms with Crippen LogP contribution < -0.4 is 11.2 Å². The van der Waals surface area contributed by atoms with E-state index in [9.17, 15) is 19.6 Å². The molecule has 12 heteroatoms. The summed E-state index contributed by atoms with van der Waals surface area (Å²) in [6.45, 7) is -0.214. The Morgan fingerprint density at radius 3 is 2.66 bits per heavy atom. The molecule has 0 amide bonds. The standard InChI is InChI=1S/C20H27N2O9P/c1-27-12-16(23)13-29-32(26,28-11-15-5-3-2-4-6-15)30-14-17-7-8-19(31-17)22-10-9-18(24)21-20(22)25/h2-6,9-10,16-17,19,23,26H,7-8,11-14H2,1H3/p+1. The third-order valence-electron chi connectivity index (χ3n) is 4.70. The van der Waals surface area contributed by atoms with Crippen molar-refractivity contribution in [1.82, 2.24) is 9.55 Å². The van der Waals surface area contributed by atoms with Crippen molar-refractivity contribution in [3.63, 3.8) is 0 Å². The number of nitrogens with zero attached hydrogens (tertiary/aromatic N) is 1. The highest BCUT2D eigenvalue weighted by atomic mass is 31.2. The van der Waals surface area contributed by atoms with Gasteiger partial charge < -0.3 is 14.6 Å². The fourth-order valence-electron chi connectivity index (χ4n) is 3.11. The maximum Gasteiger partial charge on any atom is 0.573 e. The summed E-state index contributed by atoms with van der Waals surface area (Å²) in [5.74, 6) is 0. The first-order valence-electron chi connectivity index (χ1n) is 10.1. The van der Waals surface area contributed by atoms with Gasteiger partial charge in [-0.15, -0.1) is 4.52 Å². The summed E-state index contributed by atoms with van der Waals surface area (Å²) < 4.78 is 28.6. The molecule has 11 nitrogen and oxygen atoms in total. The number of methoxy groups -OCH3 is 1. The Morgan fingerprint density at radius 2 is 1.94 bits per heavy atom. The molecule has 1 aromatic carbocycles. The van der Waals surface area contributed by atoms with E-state index in [1.807, 2.05) is 30.3 Å². The number of H-pyrrole nitrogens is 1. The SMILES string of the molecule is COCC(O)CO[P+](O)(OCc1ccccc1)OCC1CCC(n2ccc(=O)[nH]c2=O)O1. The van der Waals surface area contributed by atoms with E-state index in [-0.39, 0.29) is 26.4 Å². The van der Waals surface area contributed by atoms with Crippen LogP contribution in [0.25, 0.3) is 0 Å². The van der Waals surface area contributed by atoms with Gasteiger partial charge in [0, 0.05) is 19.4 Å². The summed E-state index contributed by atoms with van der Waals surface area (Å²) in [6.07, 6.45) is 0.500. The first-order chi connectivity index (χ1) is 15.4. The van der Waals surface area contributed by atoms with E-state index in [0.29, 0.717) is 12.8 Å². The van der Waals surface area contributed by atoms with Crippen molar-refractivity contribution in [2.75, 3.05) is 26.9 Å². The molecule has 32 heavy (non-hydrogen) atoms. The second kappa shape index (κ2) is 11.8. The minimum Gasteiger partial charge on any atom is -0.388 e. The maximum atomic E-state index is 12.0. The van der Waals surface area contributed by atoms with Gasteiger partial charge in [0.25, 0.3) is 5.56 Å². The number of aliphatic hydroxyl groups excluding tert-OH is 1. The Balaban J connectivity index is 1.58. The molecule has 0 aliphatic carbocycles. The van der Waals surface area contributed by atoms with Gasteiger partial charge in [0.2, 0.25) is 0 Å². The van der Waals surface area contributed by atoms with Crippen LogP contribution in [0.15, 0.2) is 52.2 Å². The van der Waals surface area contributed by atoms with E-state index in [1.54, 1.807) is 0 Å². The largest absolute Gasteiger partial charge is 0.573 e. The number of hydrogen-bond donors (Lipinski definition) is 3. The average molecular weight is 471 g/mol. The minimum absolute atomic E-state index is 0.0278. The third-order valence-corrected chi connectivity index (χ3v) is 6.10. The van der Waals surface area contributed by atoms with Crippen LogP contribution in [0.4, 0.5) is 0 Å². The highest BCUT2D eigenvalue weighted by molar-refractivity contribution is 7.55. The van der Waals surface area contributed by atoms with Crippen molar-refractivity contribution in [3.05, 3.63) is 69.0 Å². The van der Waals surface area contributed by atoms with E-state index < -0.39 is 37.9 Å². The summed E-state index contributed by atoms with van der Waals surface area (Å²) >= 11 is 0. The molecule has 0 bridgehead atoms. The number of hydrogen-bond acceptors (Lipinski definition) is 9. The highest BCUT2D eigenvalue weighted by Gasteiger charge is 2.47. The van der Waals surface area contributed by atoms with Gasteiger partial charge in [0.15, 0.2) is 0 Å². The van der Waals surface area contributed by atoms with Crippen LogP contribution in [0.1, 0.15) is 24.6 Å². The molecule has 4 atom stereocenters. The lowest BCUT2D eigenvalue weighted by Crippen LogP contribution is -2.31. The van der Waals surface area contributed by atoms with Gasteiger partial charge in [0.05, 0.1) is 12.7 Å². The molecule has 2 heterocycles. The molecular weight excluding hydrogens is 443 g/mol. The zero-order valence-corrected chi connectivity index (χ0v) is 18.6. The van der Waals surface area contributed by atoms with Gasteiger partial charge in [-0.2, -0.15) is 13.9 Å². The van der Waals surface area contributed by atoms with Gasteiger partial charge >= 0.3 is 13.9 Å². The number of aliphatic hydroxyl groups is 1. The quantitative estimate of drug-likeness (QED) is 0.389. The van der Waals surface area contributed by atoms with Crippen LogP contribution in [0, 0.1) is 0 Å². The first-order valence-corrected chi connectivity index (χ1v) is 11.6. The second-order valence-electron chi connectivity index (χ2n) is 7.24. The molecule has 2 aromatic rings. The number of aromatic nitrogens is 2. The van der Waals surface area contributed by atoms with Gasteiger partial charge in [-0.25, -0.2) is 4.79 Å². The van der Waals surface area contributed by atoms with Crippen molar-refractivity contribution >= 4 is 8.17 Å². The molecule has 1 saturated heterocycles. The van der Waals surface area contributed by atoms with E-state index >= 15 is 0 Å². The summed E-state index contributed by atoms with van der Waals surface area (Å²) in [6, 6.07) is 10.4. The molecule has 1 aliphatic rings. The molecule has 0 spiro atoms. The van der Waals surface area contributed by atoms with E-state index in [0.717, 1.165) is 5.56 Å². The maximum absolute atomic E-state index is 12.0. The number of nitrogens with one attached hydrogen (secondary N) is 1. The van der Waals surface area contributed by atoms with Crippen molar-refractivity contribution in [2.45, 2.75) is 37.9 Å². The molecule has 3 N–H and O–H groups in total. The molecule has 3 rings (SSSR count).